The van der Waals surface area contributed by atoms with E-state index in [4.69, 9.17) is 18.9 Å². The lowest BCUT2D eigenvalue weighted by molar-refractivity contribution is -0.233. The largest absolute Gasteiger partial charge is 0.459 e. The molecule has 3 aromatic rings. The average Bonchev–Trinajstić information content (AvgIpc) is 3.51. The van der Waals surface area contributed by atoms with Crippen LogP contribution in [-0.2, 0) is 40.2 Å². The number of sulfonamides is 1. The highest BCUT2D eigenvalue weighted by Gasteiger charge is 2.58. The maximum Gasteiger partial charge on any atom is 0.306 e. The molecule has 1 saturated carbocycles. The summed E-state index contributed by atoms with van der Waals surface area (Å²) in [6, 6.07) is 11.2. The van der Waals surface area contributed by atoms with E-state index in [0.717, 1.165) is 28.2 Å². The van der Waals surface area contributed by atoms with Crippen molar-refractivity contribution < 1.29 is 41.7 Å². The van der Waals surface area contributed by atoms with Gasteiger partial charge in [-0.3, -0.25) is 4.79 Å². The van der Waals surface area contributed by atoms with Crippen molar-refractivity contribution in [3.63, 3.8) is 0 Å². The van der Waals surface area contributed by atoms with Crippen LogP contribution in [0.1, 0.15) is 45.1 Å². The Kier molecular flexibility index (Phi) is 9.77. The normalized spacial score (nSPS) is 26.3. The van der Waals surface area contributed by atoms with Crippen LogP contribution in [0.15, 0.2) is 47.4 Å². The van der Waals surface area contributed by atoms with E-state index < -0.39 is 52.3 Å². The van der Waals surface area contributed by atoms with Crippen molar-refractivity contribution >= 4 is 42.7 Å². The molecule has 7 rings (SSSR count). The quantitative estimate of drug-likeness (QED) is 0.220. The van der Waals surface area contributed by atoms with E-state index in [-0.39, 0.29) is 55.4 Å². The van der Waals surface area contributed by atoms with Crippen LogP contribution in [0.5, 0.6) is 0 Å². The van der Waals surface area contributed by atoms with E-state index in [1.807, 2.05) is 13.8 Å². The number of fused-ring (bicyclic) bond motifs is 2. The van der Waals surface area contributed by atoms with Crippen molar-refractivity contribution in [1.82, 2.24) is 9.29 Å². The molecule has 3 aliphatic heterocycles. The molecule has 2 aromatic carbocycles. The fraction of sp³-hybridized carbons (Fsp3) is 0.588. The Morgan fingerprint density at radius 2 is 1.94 bits per heavy atom. The molecule has 1 aromatic heterocycles. The minimum absolute atomic E-state index is 0.119. The lowest BCUT2D eigenvalue weighted by Gasteiger charge is -2.30. The number of aromatic nitrogens is 1. The van der Waals surface area contributed by atoms with E-state index in [2.05, 4.69) is 10.3 Å². The summed E-state index contributed by atoms with van der Waals surface area (Å²) in [7, 11) is -4.04. The number of carbonyl (C=O) groups is 1. The van der Waals surface area contributed by atoms with Gasteiger partial charge in [-0.2, -0.15) is 4.31 Å². The number of thiazole rings is 1. The molecule has 260 valence electrons. The van der Waals surface area contributed by atoms with Gasteiger partial charge in [-0.15, -0.1) is 0 Å². The Morgan fingerprint density at radius 1 is 1.17 bits per heavy atom. The Morgan fingerprint density at radius 3 is 2.69 bits per heavy atom. The number of carbonyl (C=O) groups excluding carboxylic acids is 1. The molecule has 3 saturated heterocycles. The molecule has 4 fully saturated rings. The molecular weight excluding hydrogens is 662 g/mol. The molecule has 2 N–H and O–H groups in total. The van der Waals surface area contributed by atoms with Crippen LogP contribution in [0.4, 0.5) is 9.52 Å². The van der Waals surface area contributed by atoms with Gasteiger partial charge in [0.05, 0.1) is 46.8 Å². The van der Waals surface area contributed by atoms with Crippen molar-refractivity contribution in [2.75, 3.05) is 31.6 Å². The zero-order valence-electron chi connectivity index (χ0n) is 27.0. The van der Waals surface area contributed by atoms with Crippen LogP contribution in [0, 0.1) is 23.6 Å². The molecule has 0 radical (unpaired) electrons. The van der Waals surface area contributed by atoms with Crippen LogP contribution in [0.3, 0.4) is 0 Å². The summed E-state index contributed by atoms with van der Waals surface area (Å²) in [6.07, 6.45) is -0.0892. The SMILES string of the molecule is CC(C)CCN(C[C@@H](O)[C@@H](CC(=O)OC1C2COC3OCC1C3O2)Cc1ccc(F)cc1)S(=O)(=O)c1ccc2nc(NC3CC3)sc2c1. The average molecular weight is 704 g/mol. The second kappa shape index (κ2) is 13.9. The van der Waals surface area contributed by atoms with Crippen LogP contribution < -0.4 is 5.32 Å². The number of nitrogens with zero attached hydrogens (tertiary/aromatic N) is 2. The molecule has 4 aliphatic rings. The number of benzene rings is 2. The minimum atomic E-state index is -4.04. The highest BCUT2D eigenvalue weighted by atomic mass is 32.2. The molecule has 7 atom stereocenters. The number of halogens is 1. The monoisotopic (exact) mass is 703 g/mol. The number of rotatable bonds is 15. The van der Waals surface area contributed by atoms with Gasteiger partial charge in [0.1, 0.15) is 24.1 Å². The Bertz CT molecular complexity index is 1720. The zero-order valence-corrected chi connectivity index (χ0v) is 28.6. The van der Waals surface area contributed by atoms with Crippen LogP contribution >= 0.6 is 11.3 Å². The Hall–Kier alpha value is -2.72. The lowest BCUT2D eigenvalue weighted by atomic mass is 9.90. The second-order valence-electron chi connectivity index (χ2n) is 13.8. The fourth-order valence-electron chi connectivity index (χ4n) is 6.66. The predicted molar refractivity (Wildman–Crippen MR) is 176 cm³/mol. The van der Waals surface area contributed by atoms with E-state index in [0.29, 0.717) is 24.6 Å². The van der Waals surface area contributed by atoms with Gasteiger partial charge in [0.2, 0.25) is 10.0 Å². The van der Waals surface area contributed by atoms with Gasteiger partial charge >= 0.3 is 5.97 Å². The van der Waals surface area contributed by atoms with Gasteiger partial charge in [0.25, 0.3) is 0 Å². The summed E-state index contributed by atoms with van der Waals surface area (Å²) in [5, 5.41) is 15.9. The number of aliphatic hydroxyl groups excluding tert-OH is 1. The molecule has 11 nitrogen and oxygen atoms in total. The first-order chi connectivity index (χ1) is 23.0. The first kappa shape index (κ1) is 33.8. The molecule has 0 amide bonds. The molecule has 14 heteroatoms. The first-order valence-corrected chi connectivity index (χ1v) is 19.0. The van der Waals surface area contributed by atoms with Crippen molar-refractivity contribution in [1.29, 1.82) is 0 Å². The second-order valence-corrected chi connectivity index (χ2v) is 16.7. The molecule has 1 aliphatic carbocycles. The van der Waals surface area contributed by atoms with Crippen molar-refractivity contribution in [2.24, 2.45) is 17.8 Å². The van der Waals surface area contributed by atoms with Gasteiger partial charge in [-0.25, -0.2) is 17.8 Å². The standard InChI is InChI=1S/C34H42FN3O8S2/c1-19(2)11-12-38(48(41,42)24-9-10-26-29(15-24)47-34(37-26)36-23-7-8-23)16-27(39)21(13-20-3-5-22(35)6-4-20)14-30(40)46-31-25-17-43-33-32(25)45-28(31)18-44-33/h3-6,9-10,15,19,21,23,25,27-28,31-33,39H,7-8,11-14,16-18H2,1-2H3,(H,36,37)/t21-,25?,27-,28?,31?,32?,33?/m1/s1. The highest BCUT2D eigenvalue weighted by molar-refractivity contribution is 7.89. The topological polar surface area (TPSA) is 137 Å². The summed E-state index contributed by atoms with van der Waals surface area (Å²) in [4.78, 5) is 18.2. The Balaban J connectivity index is 1.10. The summed E-state index contributed by atoms with van der Waals surface area (Å²) in [5.74, 6) is -1.58. The van der Waals surface area contributed by atoms with Crippen LogP contribution in [-0.4, -0.2) is 91.8 Å². The van der Waals surface area contributed by atoms with Crippen molar-refractivity contribution in [2.45, 2.75) is 87.6 Å². The third kappa shape index (κ3) is 7.40. The third-order valence-electron chi connectivity index (χ3n) is 9.59. The van der Waals surface area contributed by atoms with Gasteiger partial charge in [0, 0.05) is 25.0 Å². The maximum absolute atomic E-state index is 14.2. The van der Waals surface area contributed by atoms with Crippen LogP contribution in [0.25, 0.3) is 10.2 Å². The number of esters is 1. The number of nitrogens with one attached hydrogen (secondary N) is 1. The number of ether oxygens (including phenoxy) is 4. The zero-order chi connectivity index (χ0) is 33.6. The van der Waals surface area contributed by atoms with Gasteiger partial charge < -0.3 is 29.4 Å². The van der Waals surface area contributed by atoms with Crippen molar-refractivity contribution in [3.8, 4) is 0 Å². The number of hydrogen-bond acceptors (Lipinski definition) is 11. The lowest BCUT2D eigenvalue weighted by Crippen LogP contribution is -2.43. The highest BCUT2D eigenvalue weighted by Crippen LogP contribution is 2.42. The van der Waals surface area contributed by atoms with Gasteiger partial charge in [-0.05, 0) is 67.5 Å². The summed E-state index contributed by atoms with van der Waals surface area (Å²) in [5.41, 5.74) is 1.42. The summed E-state index contributed by atoms with van der Waals surface area (Å²) in [6.45, 7) is 4.59. The van der Waals surface area contributed by atoms with Crippen LogP contribution in [0.2, 0.25) is 0 Å². The smallest absolute Gasteiger partial charge is 0.306 e. The summed E-state index contributed by atoms with van der Waals surface area (Å²) >= 11 is 1.42. The van der Waals surface area contributed by atoms with E-state index in [1.54, 1.807) is 30.3 Å². The number of anilines is 1. The first-order valence-electron chi connectivity index (χ1n) is 16.7. The molecule has 48 heavy (non-hydrogen) atoms. The van der Waals surface area contributed by atoms with Crippen molar-refractivity contribution in [3.05, 3.63) is 53.8 Å². The maximum atomic E-state index is 14.2. The molecule has 5 unspecified atom stereocenters. The van der Waals surface area contributed by atoms with Gasteiger partial charge in [-0.1, -0.05) is 37.3 Å². The Labute approximate surface area is 283 Å². The molecular formula is C34H42FN3O8S2. The summed E-state index contributed by atoms with van der Waals surface area (Å²) < 4.78 is 67.4. The number of hydrogen-bond donors (Lipinski definition) is 2. The molecule has 0 spiro atoms. The predicted octanol–water partition coefficient (Wildman–Crippen LogP) is 4.34. The molecule has 4 heterocycles. The van der Waals surface area contributed by atoms with E-state index in [9.17, 15) is 22.7 Å². The van der Waals surface area contributed by atoms with Gasteiger partial charge in [0.15, 0.2) is 11.4 Å². The van der Waals surface area contributed by atoms with E-state index in [1.165, 1.54) is 27.8 Å². The fourth-order valence-corrected chi connectivity index (χ4v) is 9.22. The third-order valence-corrected chi connectivity index (χ3v) is 12.4. The molecule has 2 bridgehead atoms. The van der Waals surface area contributed by atoms with E-state index >= 15 is 0 Å². The minimum Gasteiger partial charge on any atom is -0.459 e. The number of aliphatic hydroxyl groups is 1.